The number of aryl methyl sites for hydroxylation is 1. The number of para-hydroxylation sites is 1. The van der Waals surface area contributed by atoms with Crippen LogP contribution in [0.3, 0.4) is 0 Å². The summed E-state index contributed by atoms with van der Waals surface area (Å²) in [5.41, 5.74) is 20.0. The minimum Gasteiger partial charge on any atom is -0.453 e. The molecule has 280 valence electrons. The number of benzene rings is 8. The molecule has 0 saturated heterocycles. The van der Waals surface area contributed by atoms with Crippen molar-refractivity contribution in [3.05, 3.63) is 204 Å². The molecule has 3 heteroatoms. The Morgan fingerprint density at radius 2 is 1.09 bits per heavy atom. The molecule has 8 aromatic rings. The molecule has 0 atom stereocenters. The van der Waals surface area contributed by atoms with Gasteiger partial charge in [0.1, 0.15) is 0 Å². The van der Waals surface area contributed by atoms with Gasteiger partial charge in [-0.3, -0.25) is 0 Å². The molecule has 11 rings (SSSR count). The standard InChI is InChI=1S/C55H44N2O/c1-35-31-39(37-19-10-7-11-20-37)33-50-52(35)57-48-27-16-26-47(51(48)55(4,5)45-25-15-28-49(58-50)53(45)57)56(40-22-14-21-38(32-40)36-17-8-6-9-18-36)41-29-30-43-42-23-12-13-24-44(42)54(2,3)46(43)34-41/h6-34H,1-5H3. The third kappa shape index (κ3) is 4.99. The van der Waals surface area contributed by atoms with E-state index in [4.69, 9.17) is 4.74 Å². The Morgan fingerprint density at radius 3 is 1.88 bits per heavy atom. The molecule has 0 radical (unpaired) electrons. The van der Waals surface area contributed by atoms with Crippen molar-refractivity contribution in [3.63, 3.8) is 0 Å². The van der Waals surface area contributed by atoms with Crippen LogP contribution in [0.5, 0.6) is 11.5 Å². The zero-order chi connectivity index (χ0) is 39.3. The van der Waals surface area contributed by atoms with Crippen molar-refractivity contribution >= 4 is 34.1 Å². The highest BCUT2D eigenvalue weighted by Crippen LogP contribution is 2.63. The summed E-state index contributed by atoms with van der Waals surface area (Å²) in [5, 5.41) is 0. The molecule has 0 spiro atoms. The number of hydrogen-bond acceptors (Lipinski definition) is 3. The van der Waals surface area contributed by atoms with E-state index in [0.717, 1.165) is 45.5 Å². The van der Waals surface area contributed by atoms with Crippen LogP contribution < -0.4 is 14.5 Å². The van der Waals surface area contributed by atoms with Crippen LogP contribution in [0.1, 0.15) is 55.5 Å². The molecule has 3 nitrogen and oxygen atoms in total. The maximum Gasteiger partial charge on any atom is 0.152 e. The Bertz CT molecular complexity index is 2940. The third-order valence-electron chi connectivity index (χ3n) is 12.9. The first kappa shape index (κ1) is 34.4. The molecule has 2 aliphatic heterocycles. The minimum absolute atomic E-state index is 0.141. The SMILES string of the molecule is Cc1cc(-c2ccccc2)cc2c1N1c3cccc(N(c4cccc(-c5ccccc5)c4)c4ccc5c(c4)C(C)(C)c4ccccc4-5)c3C(C)(C)c3cccc(c31)O2. The molecule has 0 unspecified atom stereocenters. The summed E-state index contributed by atoms with van der Waals surface area (Å²) in [7, 11) is 0. The lowest BCUT2D eigenvalue weighted by atomic mass is 9.72. The van der Waals surface area contributed by atoms with E-state index in [9.17, 15) is 0 Å². The predicted molar refractivity (Wildman–Crippen MR) is 241 cm³/mol. The Kier molecular flexibility index (Phi) is 7.46. The molecule has 0 fully saturated rings. The fraction of sp³-hybridized carbons (Fsp3) is 0.127. The van der Waals surface area contributed by atoms with Crippen LogP contribution in [0.15, 0.2) is 176 Å². The fourth-order valence-electron chi connectivity index (χ4n) is 10.1. The highest BCUT2D eigenvalue weighted by molar-refractivity contribution is 5.99. The van der Waals surface area contributed by atoms with Gasteiger partial charge in [-0.05, 0) is 117 Å². The molecule has 3 aliphatic rings. The maximum atomic E-state index is 6.88. The third-order valence-corrected chi connectivity index (χ3v) is 12.9. The zero-order valence-electron chi connectivity index (χ0n) is 33.5. The van der Waals surface area contributed by atoms with E-state index in [1.807, 2.05) is 0 Å². The van der Waals surface area contributed by atoms with Crippen LogP contribution in [0.4, 0.5) is 34.1 Å². The van der Waals surface area contributed by atoms with Gasteiger partial charge in [-0.15, -0.1) is 0 Å². The van der Waals surface area contributed by atoms with Gasteiger partial charge in [0.05, 0.1) is 22.7 Å². The summed E-state index contributed by atoms with van der Waals surface area (Å²) < 4.78 is 6.88. The lowest BCUT2D eigenvalue weighted by Gasteiger charge is -2.47. The molecule has 8 aromatic carbocycles. The molecule has 58 heavy (non-hydrogen) atoms. The molecule has 1 aliphatic carbocycles. The Labute approximate surface area is 341 Å². The van der Waals surface area contributed by atoms with Crippen molar-refractivity contribution in [1.29, 1.82) is 0 Å². The van der Waals surface area contributed by atoms with Gasteiger partial charge in [0, 0.05) is 27.8 Å². The summed E-state index contributed by atoms with van der Waals surface area (Å²) in [6, 6.07) is 64.3. The van der Waals surface area contributed by atoms with Gasteiger partial charge in [-0.25, -0.2) is 0 Å². The predicted octanol–water partition coefficient (Wildman–Crippen LogP) is 15.3. The van der Waals surface area contributed by atoms with E-state index in [1.54, 1.807) is 0 Å². The number of rotatable bonds is 5. The second kappa shape index (κ2) is 12.6. The number of anilines is 6. The Morgan fingerprint density at radius 1 is 0.448 bits per heavy atom. The van der Waals surface area contributed by atoms with Crippen LogP contribution in [-0.2, 0) is 10.8 Å². The smallest absolute Gasteiger partial charge is 0.152 e. The molecular weight excluding hydrogens is 705 g/mol. The summed E-state index contributed by atoms with van der Waals surface area (Å²) in [5.74, 6) is 1.75. The first-order chi connectivity index (χ1) is 28.2. The number of ether oxygens (including phenoxy) is 1. The van der Waals surface area contributed by atoms with E-state index in [1.165, 1.54) is 61.3 Å². The van der Waals surface area contributed by atoms with E-state index < -0.39 is 0 Å². The van der Waals surface area contributed by atoms with Crippen molar-refractivity contribution in [3.8, 4) is 44.9 Å². The Hall–Kier alpha value is -6.84. The van der Waals surface area contributed by atoms with Crippen LogP contribution in [0.25, 0.3) is 33.4 Å². The fourth-order valence-corrected chi connectivity index (χ4v) is 10.1. The molecule has 0 bridgehead atoms. The quantitative estimate of drug-likeness (QED) is 0.174. The molecule has 0 N–H and O–H groups in total. The molecule has 2 heterocycles. The topological polar surface area (TPSA) is 15.7 Å². The average molecular weight is 749 g/mol. The van der Waals surface area contributed by atoms with Gasteiger partial charge < -0.3 is 14.5 Å². The van der Waals surface area contributed by atoms with E-state index in [0.29, 0.717) is 0 Å². The lowest BCUT2D eigenvalue weighted by molar-refractivity contribution is 0.471. The first-order valence-electron chi connectivity index (χ1n) is 20.4. The van der Waals surface area contributed by atoms with Gasteiger partial charge in [-0.1, -0.05) is 149 Å². The van der Waals surface area contributed by atoms with Crippen molar-refractivity contribution in [2.24, 2.45) is 0 Å². The molecule has 0 amide bonds. The second-order valence-corrected chi connectivity index (χ2v) is 17.0. The summed E-state index contributed by atoms with van der Waals surface area (Å²) in [6.45, 7) is 11.7. The van der Waals surface area contributed by atoms with Crippen molar-refractivity contribution < 1.29 is 4.74 Å². The molecule has 0 saturated carbocycles. The van der Waals surface area contributed by atoms with Gasteiger partial charge >= 0.3 is 0 Å². The first-order valence-corrected chi connectivity index (χ1v) is 20.4. The number of nitrogens with zero attached hydrogens (tertiary/aromatic N) is 2. The van der Waals surface area contributed by atoms with Crippen LogP contribution in [0, 0.1) is 6.92 Å². The van der Waals surface area contributed by atoms with Gasteiger partial charge in [0.15, 0.2) is 11.5 Å². The second-order valence-electron chi connectivity index (χ2n) is 17.0. The average Bonchev–Trinajstić information content (AvgIpc) is 3.48. The zero-order valence-corrected chi connectivity index (χ0v) is 33.5. The van der Waals surface area contributed by atoms with Gasteiger partial charge in [0.2, 0.25) is 0 Å². The van der Waals surface area contributed by atoms with Gasteiger partial charge in [-0.2, -0.15) is 0 Å². The van der Waals surface area contributed by atoms with Crippen LogP contribution >= 0.6 is 0 Å². The van der Waals surface area contributed by atoms with Crippen molar-refractivity contribution in [2.45, 2.75) is 45.4 Å². The minimum atomic E-state index is -0.381. The summed E-state index contributed by atoms with van der Waals surface area (Å²) >= 11 is 0. The highest BCUT2D eigenvalue weighted by Gasteiger charge is 2.44. The summed E-state index contributed by atoms with van der Waals surface area (Å²) in [4.78, 5) is 4.99. The highest BCUT2D eigenvalue weighted by atomic mass is 16.5. The molecule has 0 aromatic heterocycles. The summed E-state index contributed by atoms with van der Waals surface area (Å²) in [6.07, 6.45) is 0. The van der Waals surface area contributed by atoms with E-state index in [-0.39, 0.29) is 10.8 Å². The molecular formula is C55H44N2O. The van der Waals surface area contributed by atoms with E-state index >= 15 is 0 Å². The lowest BCUT2D eigenvalue weighted by Crippen LogP contribution is -2.34. The monoisotopic (exact) mass is 748 g/mol. The van der Waals surface area contributed by atoms with Crippen molar-refractivity contribution in [1.82, 2.24) is 0 Å². The van der Waals surface area contributed by atoms with E-state index in [2.05, 4.69) is 220 Å². The van der Waals surface area contributed by atoms with Crippen LogP contribution in [0.2, 0.25) is 0 Å². The number of hydrogen-bond donors (Lipinski definition) is 0. The number of fused-ring (bicyclic) bond motifs is 7. The normalized spacial score (nSPS) is 14.7. The largest absolute Gasteiger partial charge is 0.453 e. The maximum absolute atomic E-state index is 6.88. The van der Waals surface area contributed by atoms with Crippen molar-refractivity contribution in [2.75, 3.05) is 9.80 Å². The van der Waals surface area contributed by atoms with Gasteiger partial charge in [0.25, 0.3) is 0 Å². The van der Waals surface area contributed by atoms with Crippen LogP contribution in [-0.4, -0.2) is 0 Å². The Balaban J connectivity index is 1.16.